The van der Waals surface area contributed by atoms with Crippen LogP contribution in [0.3, 0.4) is 0 Å². The molecule has 12 rings (SSSR count). The Morgan fingerprint density at radius 1 is 0.541 bits per heavy atom. The van der Waals surface area contributed by atoms with Gasteiger partial charge in [0.2, 0.25) is 0 Å². The summed E-state index contributed by atoms with van der Waals surface area (Å²) in [6.07, 6.45) is 1.84. The number of ether oxygens (including phenoxy) is 1. The summed E-state index contributed by atoms with van der Waals surface area (Å²) >= 11 is 0. The Labute approximate surface area is 453 Å². The second-order valence-electron chi connectivity index (χ2n) is 25.2. The normalized spacial score (nSPS) is 14.6. The van der Waals surface area contributed by atoms with Crippen LogP contribution in [-0.4, -0.2) is 9.55 Å². The molecule has 0 bridgehead atoms. The molecule has 0 fully saturated rings. The summed E-state index contributed by atoms with van der Waals surface area (Å²) < 4.78 is 9.24. The minimum Gasteiger partial charge on any atom is -0.509 e. The number of anilines is 4. The van der Waals surface area contributed by atoms with E-state index in [4.69, 9.17) is 9.72 Å². The van der Waals surface area contributed by atoms with Gasteiger partial charge >= 0.3 is 0 Å². The fourth-order valence-corrected chi connectivity index (χ4v) is 12.6. The molecule has 4 heterocycles. The van der Waals surface area contributed by atoms with Crippen LogP contribution in [0.4, 0.5) is 22.7 Å². The van der Waals surface area contributed by atoms with Crippen molar-refractivity contribution < 1.29 is 25.8 Å². The Morgan fingerprint density at radius 2 is 1.14 bits per heavy atom. The van der Waals surface area contributed by atoms with E-state index in [0.717, 1.165) is 39.0 Å². The van der Waals surface area contributed by atoms with Gasteiger partial charge in [-0.25, -0.2) is 4.98 Å². The third-order valence-corrected chi connectivity index (χ3v) is 15.9. The molecule has 5 nitrogen and oxygen atoms in total. The van der Waals surface area contributed by atoms with Crippen molar-refractivity contribution in [1.29, 1.82) is 0 Å². The van der Waals surface area contributed by atoms with Crippen molar-refractivity contribution in [2.24, 2.45) is 0 Å². The number of aromatic nitrogens is 2. The molecule has 0 atom stereocenters. The van der Waals surface area contributed by atoms with E-state index in [9.17, 15) is 0 Å². The van der Waals surface area contributed by atoms with Crippen molar-refractivity contribution in [3.05, 3.63) is 208 Å². The Kier molecular flexibility index (Phi) is 11.3. The van der Waals surface area contributed by atoms with Gasteiger partial charge in [0, 0.05) is 66.8 Å². The summed E-state index contributed by atoms with van der Waals surface area (Å²) in [6.45, 7) is 37.6. The van der Waals surface area contributed by atoms with Crippen LogP contribution < -0.4 is 14.5 Å². The van der Waals surface area contributed by atoms with Gasteiger partial charge in [-0.3, -0.25) is 0 Å². The molecule has 1 aliphatic carbocycles. The van der Waals surface area contributed by atoms with E-state index in [1.165, 1.54) is 83.7 Å². The summed E-state index contributed by atoms with van der Waals surface area (Å²) in [5.41, 5.74) is 22.2. The summed E-state index contributed by atoms with van der Waals surface area (Å²) in [7, 11) is 0. The van der Waals surface area contributed by atoms with Gasteiger partial charge in [0.25, 0.3) is 0 Å². The van der Waals surface area contributed by atoms with Gasteiger partial charge in [0.05, 0.1) is 0 Å². The SMILES string of the molecule is Cc1cc(C)c(N2[CH-]N3c4[c-]c(Oc5[c-]c6c(cc5)c5ccccc5n6-c5ccccn5)ccc4C4(c5cccc2c53)c2c(cc(C(C)(C)C)cc2C(C)(C)C)-c2cc(C(C)(C)C)cc(C(C)(C)C)c24)c(C)c1.[Pt]. The molecule has 7 aromatic carbocycles. The molecule has 0 saturated carbocycles. The van der Waals surface area contributed by atoms with E-state index in [1.54, 1.807) is 0 Å². The molecule has 0 saturated heterocycles. The van der Waals surface area contributed by atoms with E-state index >= 15 is 0 Å². The van der Waals surface area contributed by atoms with E-state index in [-0.39, 0.29) is 42.7 Å². The Balaban J connectivity index is 0.00000588. The maximum absolute atomic E-state index is 7.05. The molecule has 6 heteroatoms. The van der Waals surface area contributed by atoms with E-state index < -0.39 is 5.41 Å². The fourth-order valence-electron chi connectivity index (χ4n) is 12.6. The summed E-state index contributed by atoms with van der Waals surface area (Å²) in [5.74, 6) is 2.07. The van der Waals surface area contributed by atoms with E-state index in [0.29, 0.717) is 11.5 Å². The van der Waals surface area contributed by atoms with Crippen LogP contribution in [-0.2, 0) is 48.1 Å². The fraction of sp³-hybridized carbons (Fsp3) is 0.294. The first-order valence-corrected chi connectivity index (χ1v) is 26.1. The maximum atomic E-state index is 7.05. The van der Waals surface area contributed by atoms with Gasteiger partial charge in [0.15, 0.2) is 0 Å². The van der Waals surface area contributed by atoms with Gasteiger partial charge in [-0.1, -0.05) is 173 Å². The number of fused-ring (bicyclic) bond motifs is 12. The van der Waals surface area contributed by atoms with Crippen molar-refractivity contribution in [3.8, 4) is 28.4 Å². The summed E-state index contributed by atoms with van der Waals surface area (Å²) in [6, 6.07) is 52.9. The number of benzene rings is 7. The first kappa shape index (κ1) is 49.8. The van der Waals surface area contributed by atoms with Crippen molar-refractivity contribution in [2.75, 3.05) is 9.80 Å². The van der Waals surface area contributed by atoms with Crippen LogP contribution in [0.15, 0.2) is 128 Å². The van der Waals surface area contributed by atoms with Gasteiger partial charge in [-0.15, -0.1) is 41.9 Å². The maximum Gasteiger partial charge on any atom is 0.135 e. The van der Waals surface area contributed by atoms with Crippen LogP contribution in [0.25, 0.3) is 38.8 Å². The standard InChI is InChI=1S/C68H67N4O.Pt/c1-40-31-41(2)62(42(3)32-40)70-39-71-58-38-46(73-45-26-28-48-47-21-16-17-23-55(47)72(57(48)37-45)59-25-18-19-30-69-59)27-29-51(58)68(52-22-20-24-56(70)63(52)71)60-49(33-43(64(4,5)6)35-53(60)66(10,11)12)50-34-44(65(7,8)9)36-54(61(50)68)67(13,14)15;/h16-36,39H,1-15H3;/q-3;. The zero-order valence-electron chi connectivity index (χ0n) is 45.7. The predicted octanol–water partition coefficient (Wildman–Crippen LogP) is 17.8. The monoisotopic (exact) mass is 1150 g/mol. The largest absolute Gasteiger partial charge is 0.509 e. The number of para-hydroxylation sites is 2. The molecule has 3 aliphatic rings. The van der Waals surface area contributed by atoms with Crippen molar-refractivity contribution in [1.82, 2.24) is 9.55 Å². The molecule has 2 aromatic heterocycles. The van der Waals surface area contributed by atoms with Gasteiger partial charge < -0.3 is 19.1 Å². The first-order valence-electron chi connectivity index (χ1n) is 26.1. The number of rotatable bonds is 4. The van der Waals surface area contributed by atoms with Crippen LogP contribution in [0.2, 0.25) is 0 Å². The van der Waals surface area contributed by atoms with Gasteiger partial charge in [0.1, 0.15) is 5.82 Å². The number of hydrogen-bond donors (Lipinski definition) is 0. The predicted molar refractivity (Wildman–Crippen MR) is 304 cm³/mol. The number of nitrogens with zero attached hydrogens (tertiary/aromatic N) is 4. The van der Waals surface area contributed by atoms with Crippen LogP contribution >= 0.6 is 0 Å². The van der Waals surface area contributed by atoms with Gasteiger partial charge in [-0.05, 0) is 133 Å². The van der Waals surface area contributed by atoms with E-state index in [1.807, 2.05) is 30.5 Å². The van der Waals surface area contributed by atoms with Crippen LogP contribution in [0.5, 0.6) is 11.5 Å². The van der Waals surface area contributed by atoms with E-state index in [2.05, 4.69) is 234 Å². The Morgan fingerprint density at radius 3 is 1.73 bits per heavy atom. The van der Waals surface area contributed by atoms with Crippen molar-refractivity contribution in [2.45, 2.75) is 131 Å². The molecular weight excluding hydrogens is 1080 g/mol. The molecule has 74 heavy (non-hydrogen) atoms. The molecule has 9 aromatic rings. The molecule has 0 radical (unpaired) electrons. The average Bonchev–Trinajstić information content (AvgIpc) is 4.07. The van der Waals surface area contributed by atoms with Crippen LogP contribution in [0, 0.1) is 39.6 Å². The third-order valence-electron chi connectivity index (χ3n) is 15.9. The van der Waals surface area contributed by atoms with Crippen molar-refractivity contribution >= 4 is 44.6 Å². The quantitative estimate of drug-likeness (QED) is 0.165. The number of hydrogen-bond acceptors (Lipinski definition) is 4. The van der Waals surface area contributed by atoms with Crippen molar-refractivity contribution in [3.63, 3.8) is 0 Å². The number of aryl methyl sites for hydroxylation is 3. The smallest absolute Gasteiger partial charge is 0.135 e. The topological polar surface area (TPSA) is 33.5 Å². The molecule has 0 amide bonds. The molecule has 0 N–H and O–H groups in total. The molecule has 1 spiro atoms. The molecule has 2 aliphatic heterocycles. The average molecular weight is 1150 g/mol. The van der Waals surface area contributed by atoms with Gasteiger partial charge in [-0.2, -0.15) is 12.1 Å². The number of pyridine rings is 1. The first-order chi connectivity index (χ1) is 34.5. The second kappa shape index (κ2) is 16.8. The Hall–Kier alpha value is -6.42. The Bertz CT molecular complexity index is 3670. The van der Waals surface area contributed by atoms with Crippen LogP contribution in [0.1, 0.15) is 144 Å². The minimum absolute atomic E-state index is 0. The molecule has 378 valence electrons. The second-order valence-corrected chi connectivity index (χ2v) is 25.2. The summed E-state index contributed by atoms with van der Waals surface area (Å²) in [5, 5.41) is 2.24. The zero-order chi connectivity index (χ0) is 51.5. The zero-order valence-corrected chi connectivity index (χ0v) is 48.0. The third kappa shape index (κ3) is 7.37. The summed E-state index contributed by atoms with van der Waals surface area (Å²) in [4.78, 5) is 9.64. The minimum atomic E-state index is -0.731. The molecular formula is C68H67N4OPt-3. The molecule has 0 unspecified atom stereocenters.